The second kappa shape index (κ2) is 8.93. The molecule has 2 aromatic rings. The second-order valence-electron chi connectivity index (χ2n) is 11.0. The minimum atomic E-state index is -0.526. The number of likely N-dealkylation sites (tertiary alicyclic amines) is 1. The van der Waals surface area contributed by atoms with Crippen molar-refractivity contribution in [2.24, 2.45) is 5.41 Å². The molecular weight excluding hydrogens is 461 g/mol. The lowest BCUT2D eigenvalue weighted by Gasteiger charge is -2.47. The first kappa shape index (κ1) is 24.3. The molecule has 0 unspecified atom stereocenters. The van der Waals surface area contributed by atoms with E-state index < -0.39 is 11.4 Å². The first-order chi connectivity index (χ1) is 17.1. The Morgan fingerprint density at radius 3 is 2.75 bits per heavy atom. The number of anilines is 1. The van der Waals surface area contributed by atoms with E-state index in [1.165, 1.54) is 13.2 Å². The van der Waals surface area contributed by atoms with E-state index in [1.807, 2.05) is 26.8 Å². The number of nitrogens with zero attached hydrogens (tertiary/aromatic N) is 4. The molecule has 0 aliphatic carbocycles. The molecule has 4 heterocycles. The summed E-state index contributed by atoms with van der Waals surface area (Å²) in [6.07, 6.45) is 1.32. The van der Waals surface area contributed by atoms with E-state index in [-0.39, 0.29) is 17.3 Å². The number of pyridine rings is 1. The maximum absolute atomic E-state index is 14.7. The number of carbonyl (C=O) groups excluding carboxylic acids is 1. The van der Waals surface area contributed by atoms with Crippen LogP contribution in [0.2, 0.25) is 0 Å². The average Bonchev–Trinajstić information content (AvgIpc) is 3.26. The Labute approximate surface area is 211 Å². The number of benzene rings is 1. The number of halogens is 1. The van der Waals surface area contributed by atoms with Crippen LogP contribution < -0.4 is 15.0 Å². The molecular formula is C27H32FN5O3. The number of nitrogens with one attached hydrogen (secondary N) is 1. The van der Waals surface area contributed by atoms with E-state index >= 15 is 0 Å². The van der Waals surface area contributed by atoms with Gasteiger partial charge in [-0.05, 0) is 51.8 Å². The number of hydrogen-bond donors (Lipinski definition) is 1. The number of carbonyl (C=O) groups is 1. The molecule has 190 valence electrons. The molecule has 0 atom stereocenters. The third-order valence-corrected chi connectivity index (χ3v) is 7.18. The molecule has 1 aromatic carbocycles. The van der Waals surface area contributed by atoms with E-state index in [2.05, 4.69) is 15.1 Å². The highest BCUT2D eigenvalue weighted by Gasteiger charge is 2.51. The second-order valence-corrected chi connectivity index (χ2v) is 11.0. The number of amides is 1. The van der Waals surface area contributed by atoms with Crippen molar-refractivity contribution in [3.8, 4) is 16.9 Å². The average molecular weight is 494 g/mol. The number of rotatable bonds is 3. The van der Waals surface area contributed by atoms with Crippen LogP contribution in [0.25, 0.3) is 16.0 Å². The Hall–Kier alpha value is -3.38. The molecule has 0 radical (unpaired) electrons. The highest BCUT2D eigenvalue weighted by atomic mass is 19.1. The maximum atomic E-state index is 14.7. The number of ether oxygens (including phenoxy) is 2. The van der Waals surface area contributed by atoms with E-state index in [9.17, 15) is 9.18 Å². The molecule has 1 amide bonds. The zero-order valence-electron chi connectivity index (χ0n) is 21.3. The van der Waals surface area contributed by atoms with Crippen molar-refractivity contribution >= 4 is 17.6 Å². The summed E-state index contributed by atoms with van der Waals surface area (Å²) in [7, 11) is 1.45. The predicted molar refractivity (Wildman–Crippen MR) is 135 cm³/mol. The van der Waals surface area contributed by atoms with E-state index in [0.29, 0.717) is 55.2 Å². The van der Waals surface area contributed by atoms with Crippen LogP contribution in [0.5, 0.6) is 5.75 Å². The van der Waals surface area contributed by atoms with Gasteiger partial charge >= 0.3 is 6.09 Å². The van der Waals surface area contributed by atoms with Crippen molar-refractivity contribution in [2.45, 2.75) is 45.8 Å². The zero-order valence-corrected chi connectivity index (χ0v) is 21.3. The van der Waals surface area contributed by atoms with Gasteiger partial charge in [0.15, 0.2) is 11.6 Å². The van der Waals surface area contributed by atoms with Gasteiger partial charge in [0.1, 0.15) is 11.4 Å². The van der Waals surface area contributed by atoms with Gasteiger partial charge in [-0.3, -0.25) is 0 Å². The summed E-state index contributed by atoms with van der Waals surface area (Å²) in [6, 6.07) is 4.83. The molecule has 1 spiro atoms. The first-order valence-electron chi connectivity index (χ1n) is 12.3. The van der Waals surface area contributed by atoms with Crippen molar-refractivity contribution in [1.82, 2.24) is 15.2 Å². The third-order valence-electron chi connectivity index (χ3n) is 7.18. The lowest BCUT2D eigenvalue weighted by Crippen LogP contribution is -2.60. The van der Waals surface area contributed by atoms with Gasteiger partial charge in [0.25, 0.3) is 0 Å². The third kappa shape index (κ3) is 4.24. The summed E-state index contributed by atoms with van der Waals surface area (Å²) in [4.78, 5) is 25.3. The van der Waals surface area contributed by atoms with Crippen LogP contribution in [0.3, 0.4) is 0 Å². The number of methoxy groups -OCH3 is 1. The smallest absolute Gasteiger partial charge is 0.410 e. The van der Waals surface area contributed by atoms with Crippen LogP contribution in [0.15, 0.2) is 18.2 Å². The molecule has 2 saturated heterocycles. The lowest BCUT2D eigenvalue weighted by atomic mass is 9.79. The fourth-order valence-electron chi connectivity index (χ4n) is 5.61. The Morgan fingerprint density at radius 2 is 2.06 bits per heavy atom. The molecule has 2 fully saturated rings. The topological polar surface area (TPSA) is 71.3 Å². The van der Waals surface area contributed by atoms with Gasteiger partial charge in [0.05, 0.1) is 19.4 Å². The molecule has 5 rings (SSSR count). The van der Waals surface area contributed by atoms with Gasteiger partial charge in [0.2, 0.25) is 5.69 Å². The summed E-state index contributed by atoms with van der Waals surface area (Å²) < 4.78 is 25.6. The normalized spacial score (nSPS) is 18.4. The Bertz CT molecular complexity index is 1240. The van der Waals surface area contributed by atoms with Gasteiger partial charge < -0.3 is 24.6 Å². The molecule has 8 nitrogen and oxygen atoms in total. The number of hydrogen-bond acceptors (Lipinski definition) is 6. The fourth-order valence-corrected chi connectivity index (χ4v) is 5.61. The number of fused-ring (bicyclic) bond motifs is 1. The van der Waals surface area contributed by atoms with Crippen LogP contribution in [-0.2, 0) is 17.7 Å². The minimum Gasteiger partial charge on any atom is -0.493 e. The van der Waals surface area contributed by atoms with Crippen LogP contribution in [0, 0.1) is 17.8 Å². The summed E-state index contributed by atoms with van der Waals surface area (Å²) >= 11 is 0. The SMILES string of the molecule is [C-]#[N+]c1c(N2CCC3(CN(C(=O)OC(C)(C)C)C3)C2)nc2c(c1-c1cccc(F)c1OC)CCNC2. The van der Waals surface area contributed by atoms with Gasteiger partial charge in [-0.2, -0.15) is 0 Å². The highest BCUT2D eigenvalue weighted by Crippen LogP contribution is 2.49. The predicted octanol–water partition coefficient (Wildman–Crippen LogP) is 4.54. The molecule has 1 N–H and O–H groups in total. The Morgan fingerprint density at radius 1 is 1.28 bits per heavy atom. The molecule has 3 aliphatic rings. The Kier molecular flexibility index (Phi) is 6.03. The monoisotopic (exact) mass is 493 g/mol. The van der Waals surface area contributed by atoms with Crippen molar-refractivity contribution in [1.29, 1.82) is 0 Å². The maximum Gasteiger partial charge on any atom is 0.410 e. The quantitative estimate of drug-likeness (QED) is 0.633. The Balaban J connectivity index is 1.49. The van der Waals surface area contributed by atoms with Gasteiger partial charge in [0, 0.05) is 49.3 Å². The molecule has 3 aliphatic heterocycles. The largest absolute Gasteiger partial charge is 0.493 e. The molecule has 0 bridgehead atoms. The minimum absolute atomic E-state index is 0.0389. The zero-order chi connectivity index (χ0) is 25.7. The van der Waals surface area contributed by atoms with Crippen molar-refractivity contribution < 1.29 is 18.7 Å². The van der Waals surface area contributed by atoms with Crippen molar-refractivity contribution in [3.05, 3.63) is 46.7 Å². The molecule has 1 aromatic heterocycles. The summed E-state index contributed by atoms with van der Waals surface area (Å²) in [5.41, 5.74) is 3.02. The standard InChI is InChI=1S/C27H32FN5O3/c1-26(2,3)36-25(34)33-15-27(16-33)10-12-32(14-27)24-22(29-4)21(17-9-11-30-13-20(17)31-24)18-7-6-8-19(28)23(18)35-5/h6-8,30H,9-16H2,1-3,5H3. The highest BCUT2D eigenvalue weighted by molar-refractivity contribution is 5.92. The van der Waals surface area contributed by atoms with Crippen molar-refractivity contribution in [3.63, 3.8) is 0 Å². The molecule has 0 saturated carbocycles. The summed E-state index contributed by atoms with van der Waals surface area (Å²) in [5.74, 6) is 0.315. The van der Waals surface area contributed by atoms with E-state index in [4.69, 9.17) is 21.0 Å². The number of para-hydroxylation sites is 1. The van der Waals surface area contributed by atoms with Gasteiger partial charge in [-0.15, -0.1) is 0 Å². The fraction of sp³-hybridized carbons (Fsp3) is 0.519. The van der Waals surface area contributed by atoms with Crippen LogP contribution in [0.1, 0.15) is 38.4 Å². The summed E-state index contributed by atoms with van der Waals surface area (Å²) in [6.45, 7) is 17.8. The molecule has 36 heavy (non-hydrogen) atoms. The van der Waals surface area contributed by atoms with E-state index in [1.54, 1.807) is 11.0 Å². The van der Waals surface area contributed by atoms with Gasteiger partial charge in [-0.1, -0.05) is 12.1 Å². The molecule has 9 heteroatoms. The van der Waals surface area contributed by atoms with E-state index in [0.717, 1.165) is 30.8 Å². The summed E-state index contributed by atoms with van der Waals surface area (Å²) in [5, 5.41) is 3.37. The van der Waals surface area contributed by atoms with Gasteiger partial charge in [-0.25, -0.2) is 19.0 Å². The van der Waals surface area contributed by atoms with Crippen LogP contribution >= 0.6 is 0 Å². The van der Waals surface area contributed by atoms with Crippen molar-refractivity contribution in [2.75, 3.05) is 44.7 Å². The first-order valence-corrected chi connectivity index (χ1v) is 12.3. The van der Waals surface area contributed by atoms with Crippen LogP contribution in [0.4, 0.5) is 20.7 Å². The number of aromatic nitrogens is 1. The van der Waals surface area contributed by atoms with Crippen LogP contribution in [-0.4, -0.2) is 61.4 Å². The lowest BCUT2D eigenvalue weighted by molar-refractivity contribution is -0.0266.